The summed E-state index contributed by atoms with van der Waals surface area (Å²) in [6.07, 6.45) is -21.1. The molecule has 15 atom stereocenters. The number of aliphatic hydroxyl groups is 7. The average Bonchev–Trinajstić information content (AvgIpc) is 3.14. The second-order valence-electron chi connectivity index (χ2n) is 13.3. The molecule has 300 valence electrons. The number of carbonyl (C=O) groups excluding carboxylic acids is 1. The Bertz CT molecular complexity index is 1590. The number of carbonyl (C=O) groups is 1. The molecule has 11 N–H and O–H groups in total. The lowest BCUT2D eigenvalue weighted by molar-refractivity contribution is -0.363. The van der Waals surface area contributed by atoms with Gasteiger partial charge >= 0.3 is 5.97 Å². The summed E-state index contributed by atoms with van der Waals surface area (Å²) in [5, 5.41) is 113. The van der Waals surface area contributed by atoms with Gasteiger partial charge in [-0.2, -0.15) is 0 Å². The first-order chi connectivity index (χ1) is 25.5. The van der Waals surface area contributed by atoms with Crippen molar-refractivity contribution >= 4 is 12.0 Å². The summed E-state index contributed by atoms with van der Waals surface area (Å²) in [4.78, 5) is 13.3. The van der Waals surface area contributed by atoms with Crippen LogP contribution in [0.1, 0.15) is 25.0 Å². The molecule has 0 amide bonds. The largest absolute Gasteiger partial charge is 0.504 e. The molecule has 3 aliphatic heterocycles. The predicted molar refractivity (Wildman–Crippen MR) is 178 cm³/mol. The van der Waals surface area contributed by atoms with Crippen molar-refractivity contribution in [1.82, 2.24) is 0 Å². The van der Waals surface area contributed by atoms with Gasteiger partial charge in [-0.15, -0.1) is 0 Å². The summed E-state index contributed by atoms with van der Waals surface area (Å²) in [6, 6.07) is 7.83. The van der Waals surface area contributed by atoms with Crippen LogP contribution in [0.5, 0.6) is 23.0 Å². The highest BCUT2D eigenvalue weighted by Crippen LogP contribution is 2.33. The lowest BCUT2D eigenvalue weighted by atomic mass is 9.96. The number of aliphatic hydroxyl groups excluding tert-OH is 7. The molecule has 0 bridgehead atoms. The molecular weight excluding hydrogens is 724 g/mol. The van der Waals surface area contributed by atoms with Crippen LogP contribution >= 0.6 is 0 Å². The Morgan fingerprint density at radius 1 is 0.648 bits per heavy atom. The molecule has 5 rings (SSSR count). The van der Waals surface area contributed by atoms with Crippen molar-refractivity contribution in [3.05, 3.63) is 53.6 Å². The molecule has 0 aliphatic carbocycles. The molecule has 0 saturated carbocycles. The molecule has 19 nitrogen and oxygen atoms in total. The molecule has 0 spiro atoms. The lowest BCUT2D eigenvalue weighted by Gasteiger charge is -2.47. The molecule has 0 unspecified atom stereocenters. The first-order valence-electron chi connectivity index (χ1n) is 17.1. The Hall–Kier alpha value is -3.67. The minimum absolute atomic E-state index is 0.134. The van der Waals surface area contributed by atoms with Crippen LogP contribution in [0.3, 0.4) is 0 Å². The number of benzene rings is 2. The topological polar surface area (TPSA) is 304 Å². The van der Waals surface area contributed by atoms with Gasteiger partial charge in [-0.25, -0.2) is 4.79 Å². The van der Waals surface area contributed by atoms with Crippen LogP contribution in [-0.4, -0.2) is 167 Å². The maximum absolute atomic E-state index is 13.3. The number of hydrogen-bond acceptors (Lipinski definition) is 19. The van der Waals surface area contributed by atoms with E-state index in [2.05, 4.69) is 0 Å². The maximum atomic E-state index is 13.3. The van der Waals surface area contributed by atoms with Gasteiger partial charge in [0.1, 0.15) is 54.9 Å². The van der Waals surface area contributed by atoms with Crippen LogP contribution in [0.25, 0.3) is 6.08 Å². The fourth-order valence-corrected chi connectivity index (χ4v) is 6.08. The first kappa shape index (κ1) is 41.5. The Kier molecular flexibility index (Phi) is 13.7. The van der Waals surface area contributed by atoms with Crippen LogP contribution in [0, 0.1) is 0 Å². The van der Waals surface area contributed by atoms with Gasteiger partial charge in [-0.05, 0) is 61.7 Å². The summed E-state index contributed by atoms with van der Waals surface area (Å²) in [5.74, 6) is -2.62. The van der Waals surface area contributed by atoms with E-state index in [0.29, 0.717) is 5.56 Å². The van der Waals surface area contributed by atoms with Crippen molar-refractivity contribution in [2.75, 3.05) is 13.2 Å². The van der Waals surface area contributed by atoms with Crippen molar-refractivity contribution in [2.45, 2.75) is 112 Å². The van der Waals surface area contributed by atoms with E-state index in [-0.39, 0.29) is 30.1 Å². The minimum atomic E-state index is -1.86. The fourth-order valence-electron chi connectivity index (χ4n) is 6.08. The first-order valence-corrected chi connectivity index (χ1v) is 17.1. The molecule has 2 aromatic carbocycles. The Labute approximate surface area is 308 Å². The molecule has 3 heterocycles. The monoisotopic (exact) mass is 770 g/mol. The lowest BCUT2D eigenvalue weighted by Crippen LogP contribution is -2.65. The highest BCUT2D eigenvalue weighted by Gasteiger charge is 2.53. The molecule has 2 aromatic rings. The predicted octanol–water partition coefficient (Wildman–Crippen LogP) is -2.16. The normalized spacial score (nSPS) is 37.3. The quantitative estimate of drug-likeness (QED) is 0.0622. The van der Waals surface area contributed by atoms with E-state index in [9.17, 15) is 61.0 Å². The van der Waals surface area contributed by atoms with Crippen LogP contribution < -0.4 is 0 Å². The highest BCUT2D eigenvalue weighted by molar-refractivity contribution is 5.87. The van der Waals surface area contributed by atoms with Crippen LogP contribution in [0.15, 0.2) is 42.5 Å². The van der Waals surface area contributed by atoms with E-state index in [1.807, 2.05) is 0 Å². The van der Waals surface area contributed by atoms with Gasteiger partial charge in [-0.3, -0.25) is 0 Å². The summed E-state index contributed by atoms with van der Waals surface area (Å²) in [7, 11) is 0. The van der Waals surface area contributed by atoms with E-state index in [1.165, 1.54) is 56.3 Å². The molecule has 3 saturated heterocycles. The number of phenols is 4. The van der Waals surface area contributed by atoms with E-state index in [4.69, 9.17) is 33.2 Å². The van der Waals surface area contributed by atoms with Crippen molar-refractivity contribution in [3.63, 3.8) is 0 Å². The van der Waals surface area contributed by atoms with E-state index < -0.39 is 116 Å². The molecule has 0 radical (unpaired) electrons. The van der Waals surface area contributed by atoms with Gasteiger partial charge in [0.2, 0.25) is 0 Å². The van der Waals surface area contributed by atoms with Crippen molar-refractivity contribution in [2.24, 2.45) is 0 Å². The van der Waals surface area contributed by atoms with Gasteiger partial charge in [-0.1, -0.05) is 12.1 Å². The van der Waals surface area contributed by atoms with Gasteiger partial charge < -0.3 is 89.3 Å². The van der Waals surface area contributed by atoms with Crippen LogP contribution in [0.4, 0.5) is 0 Å². The smallest absolute Gasteiger partial charge is 0.331 e. The number of hydrogen-bond donors (Lipinski definition) is 11. The molecule has 54 heavy (non-hydrogen) atoms. The van der Waals surface area contributed by atoms with Crippen molar-refractivity contribution in [1.29, 1.82) is 0 Å². The van der Waals surface area contributed by atoms with Crippen LogP contribution in [0.2, 0.25) is 0 Å². The maximum Gasteiger partial charge on any atom is 0.331 e. The van der Waals surface area contributed by atoms with Crippen LogP contribution in [-0.2, 0) is 44.4 Å². The summed E-state index contributed by atoms with van der Waals surface area (Å²) in [6.45, 7) is 2.06. The molecule has 3 fully saturated rings. The Morgan fingerprint density at radius 3 is 1.85 bits per heavy atom. The van der Waals surface area contributed by atoms with E-state index >= 15 is 0 Å². The molecule has 3 aliphatic rings. The van der Waals surface area contributed by atoms with Gasteiger partial charge in [0, 0.05) is 6.08 Å². The zero-order valence-electron chi connectivity index (χ0n) is 29.1. The standard InChI is InChI=1S/C35H46O19/c1-14-24(41)26(43)28(45)33(50-14)49-13-22-31(53-23(40)8-5-16-3-6-18(36)20(38)11-16)32(54-35-29(46)27(44)25(42)15(2)51-35)30(47)34(52-22)48-10-9-17-4-7-19(37)21(39)12-17/h3-8,11-12,14-15,22,24-39,41-47H,9-10,13H2,1-2H3/b8-5+/t14-,15-,22+,24-,25-,26-,27+,28-,29+,30+,31+,32+,33-,34+,35+/m1/s1. The number of ether oxygens (including phenoxy) is 7. The zero-order valence-corrected chi connectivity index (χ0v) is 29.1. The number of aromatic hydroxyl groups is 4. The number of esters is 1. The third-order valence-electron chi connectivity index (χ3n) is 9.32. The molecule has 19 heteroatoms. The number of phenolic OH excluding ortho intramolecular Hbond substituents is 4. The van der Waals surface area contributed by atoms with Gasteiger partial charge in [0.05, 0.1) is 25.4 Å². The Morgan fingerprint density at radius 2 is 1.22 bits per heavy atom. The SMILES string of the molecule is C[C@H]1O[C@@H](O[C@H]2[C@H](O)[C@@H](OCCc3ccc(O)c(O)c3)O[C@@H](CO[C@@H]3O[C@H](C)[C@@H](O)[C@@H](O)[C@H]3O)[C@@H]2OC(=O)/C=C/c2ccc(O)c(O)c2)[C@@H](O)[C@@H](O)[C@@H]1O. The van der Waals surface area contributed by atoms with Crippen molar-refractivity contribution < 1.29 is 94.1 Å². The minimum Gasteiger partial charge on any atom is -0.504 e. The third kappa shape index (κ3) is 9.58. The van der Waals surface area contributed by atoms with Crippen molar-refractivity contribution in [3.8, 4) is 23.0 Å². The fraction of sp³-hybridized carbons (Fsp3) is 0.571. The average molecular weight is 771 g/mol. The molecular formula is C35H46O19. The van der Waals surface area contributed by atoms with Gasteiger partial charge in [0.25, 0.3) is 0 Å². The molecule has 0 aromatic heterocycles. The highest BCUT2D eigenvalue weighted by atomic mass is 16.8. The second kappa shape index (κ2) is 17.9. The Balaban J connectivity index is 1.43. The summed E-state index contributed by atoms with van der Waals surface area (Å²) in [5.41, 5.74) is 0.811. The second-order valence-corrected chi connectivity index (χ2v) is 13.3. The van der Waals surface area contributed by atoms with E-state index in [0.717, 1.165) is 6.08 Å². The zero-order chi connectivity index (χ0) is 39.4. The summed E-state index contributed by atoms with van der Waals surface area (Å²) >= 11 is 0. The number of rotatable bonds is 12. The third-order valence-corrected chi connectivity index (χ3v) is 9.32. The summed E-state index contributed by atoms with van der Waals surface area (Å²) < 4.78 is 40.4. The van der Waals surface area contributed by atoms with E-state index in [1.54, 1.807) is 0 Å². The van der Waals surface area contributed by atoms with Gasteiger partial charge in [0.15, 0.2) is 48.0 Å².